The number of rotatable bonds is 36. The van der Waals surface area contributed by atoms with E-state index in [-0.39, 0.29) is 32.0 Å². The van der Waals surface area contributed by atoms with Crippen LogP contribution < -0.4 is 0 Å². The fourth-order valence-electron chi connectivity index (χ4n) is 6.68. The highest BCUT2D eigenvalue weighted by molar-refractivity contribution is 5.70. The molecule has 0 aromatic heterocycles. The molecule has 1 saturated heterocycles. The molecule has 2 unspecified atom stereocenters. The molecule has 1 heterocycles. The molecule has 4 N–H and O–H groups in total. The highest BCUT2D eigenvalue weighted by atomic mass is 16.7. The number of allylic oxidation sites excluding steroid dienone is 2. The molecule has 1 rings (SSSR count). The Morgan fingerprint density at radius 3 is 1.55 bits per heavy atom. The van der Waals surface area contributed by atoms with E-state index in [0.717, 1.165) is 32.1 Å². The molecule has 0 aliphatic carbocycles. The number of ether oxygens (including phenoxy) is 4. The summed E-state index contributed by atoms with van der Waals surface area (Å²) < 4.78 is 22.1. The molecule has 0 bridgehead atoms. The molecule has 1 aliphatic rings. The van der Waals surface area contributed by atoms with Gasteiger partial charge in [0.05, 0.1) is 13.2 Å². The molecule has 1 fully saturated rings. The van der Waals surface area contributed by atoms with Crippen molar-refractivity contribution in [1.29, 1.82) is 0 Å². The van der Waals surface area contributed by atoms with E-state index in [1.807, 2.05) is 6.08 Å². The zero-order chi connectivity index (χ0) is 38.8. The number of aliphatic hydroxyl groups is 4. The van der Waals surface area contributed by atoms with Crippen LogP contribution in [-0.4, -0.2) is 89.0 Å². The van der Waals surface area contributed by atoms with Crippen LogP contribution in [0.1, 0.15) is 194 Å². The van der Waals surface area contributed by atoms with Gasteiger partial charge < -0.3 is 39.4 Å². The second-order valence-electron chi connectivity index (χ2n) is 15.2. The summed E-state index contributed by atoms with van der Waals surface area (Å²) in [7, 11) is 0. The van der Waals surface area contributed by atoms with E-state index in [0.29, 0.717) is 6.42 Å². The van der Waals surface area contributed by atoms with Crippen LogP contribution in [0.4, 0.5) is 0 Å². The Balaban J connectivity index is 2.36. The average Bonchev–Trinajstić information content (AvgIpc) is 3.15. The highest BCUT2D eigenvalue weighted by Gasteiger charge is 2.44. The summed E-state index contributed by atoms with van der Waals surface area (Å²) in [5.41, 5.74) is 0. The number of aliphatic hydroxyl groups excluding tert-OH is 4. The van der Waals surface area contributed by atoms with Crippen LogP contribution in [0.5, 0.6) is 0 Å². The van der Waals surface area contributed by atoms with Crippen LogP contribution in [0.2, 0.25) is 0 Å². The van der Waals surface area contributed by atoms with Gasteiger partial charge in [0.25, 0.3) is 0 Å². The van der Waals surface area contributed by atoms with Gasteiger partial charge in [-0.2, -0.15) is 0 Å². The number of esters is 2. The smallest absolute Gasteiger partial charge is 0.306 e. The molecule has 1 aliphatic heterocycles. The molecule has 0 radical (unpaired) electrons. The summed E-state index contributed by atoms with van der Waals surface area (Å²) in [6.07, 6.45) is 28.0. The lowest BCUT2D eigenvalue weighted by Gasteiger charge is -2.39. The largest absolute Gasteiger partial charge is 0.462 e. The Labute approximate surface area is 322 Å². The summed E-state index contributed by atoms with van der Waals surface area (Å²) in [6, 6.07) is 0. The monoisotopic (exact) mass is 757 g/mol. The summed E-state index contributed by atoms with van der Waals surface area (Å²) in [6.45, 7) is 3.39. The first-order chi connectivity index (χ1) is 25.8. The van der Waals surface area contributed by atoms with Crippen LogP contribution in [0.25, 0.3) is 0 Å². The molecule has 10 nitrogen and oxygen atoms in total. The second kappa shape index (κ2) is 34.9. The Morgan fingerprint density at radius 1 is 0.566 bits per heavy atom. The molecule has 6 atom stereocenters. The van der Waals surface area contributed by atoms with Crippen molar-refractivity contribution in [3.05, 3.63) is 12.2 Å². The molecule has 0 amide bonds. The second-order valence-corrected chi connectivity index (χ2v) is 15.2. The van der Waals surface area contributed by atoms with Gasteiger partial charge >= 0.3 is 11.9 Å². The summed E-state index contributed by atoms with van der Waals surface area (Å²) >= 11 is 0. The minimum atomic E-state index is -1.60. The zero-order valence-electron chi connectivity index (χ0n) is 33.8. The molecule has 0 aromatic rings. The summed E-state index contributed by atoms with van der Waals surface area (Å²) in [4.78, 5) is 25.2. The number of hydrogen-bond acceptors (Lipinski definition) is 10. The Kier molecular flexibility index (Phi) is 32.6. The van der Waals surface area contributed by atoms with Gasteiger partial charge in [-0.1, -0.05) is 167 Å². The highest BCUT2D eigenvalue weighted by Crippen LogP contribution is 2.22. The molecule has 0 saturated carbocycles. The number of carbonyl (C=O) groups excluding carboxylic acids is 2. The van der Waals surface area contributed by atoms with Crippen molar-refractivity contribution in [2.75, 3.05) is 19.8 Å². The van der Waals surface area contributed by atoms with E-state index in [2.05, 4.69) is 19.9 Å². The predicted octanol–water partition coefficient (Wildman–Crippen LogP) is 8.78. The van der Waals surface area contributed by atoms with Gasteiger partial charge in [-0.3, -0.25) is 9.59 Å². The molecule has 10 heteroatoms. The van der Waals surface area contributed by atoms with Crippen molar-refractivity contribution >= 4 is 11.9 Å². The van der Waals surface area contributed by atoms with Crippen LogP contribution in [0.3, 0.4) is 0 Å². The third-order valence-corrected chi connectivity index (χ3v) is 10.2. The van der Waals surface area contributed by atoms with Gasteiger partial charge in [0.2, 0.25) is 0 Å². The SMILES string of the molecule is CCCCCCCCCCCCC/C=C/CCC(=O)O[C@H](COC(=O)CCCCCCCCCCCCCCC)CO[C@@H]1O[C@H](CO)[C@H](O)C(O)C1O. The van der Waals surface area contributed by atoms with E-state index >= 15 is 0 Å². The molecule has 0 spiro atoms. The summed E-state index contributed by atoms with van der Waals surface area (Å²) in [5.74, 6) is -0.855. The molecular weight excluding hydrogens is 676 g/mol. The van der Waals surface area contributed by atoms with E-state index in [1.54, 1.807) is 0 Å². The van der Waals surface area contributed by atoms with Crippen LogP contribution in [0.15, 0.2) is 12.2 Å². The van der Waals surface area contributed by atoms with Crippen molar-refractivity contribution in [2.24, 2.45) is 0 Å². The first-order valence-corrected chi connectivity index (χ1v) is 21.8. The fraction of sp³-hybridized carbons (Fsp3) is 0.907. The maximum absolute atomic E-state index is 12.7. The van der Waals surface area contributed by atoms with Gasteiger partial charge in [-0.15, -0.1) is 0 Å². The quantitative estimate of drug-likeness (QED) is 0.0277. The minimum Gasteiger partial charge on any atom is -0.462 e. The van der Waals surface area contributed by atoms with Crippen molar-refractivity contribution < 1.29 is 49.0 Å². The third kappa shape index (κ3) is 26.8. The van der Waals surface area contributed by atoms with Gasteiger partial charge in [0.1, 0.15) is 31.0 Å². The van der Waals surface area contributed by atoms with Gasteiger partial charge in [-0.05, 0) is 25.7 Å². The van der Waals surface area contributed by atoms with E-state index in [4.69, 9.17) is 18.9 Å². The molecular formula is C43H80O10. The van der Waals surface area contributed by atoms with Crippen molar-refractivity contribution in [3.8, 4) is 0 Å². The van der Waals surface area contributed by atoms with Gasteiger partial charge in [-0.25, -0.2) is 0 Å². The van der Waals surface area contributed by atoms with Crippen molar-refractivity contribution in [3.63, 3.8) is 0 Å². The van der Waals surface area contributed by atoms with E-state index < -0.39 is 49.4 Å². The lowest BCUT2D eigenvalue weighted by atomic mass is 9.99. The molecule has 0 aromatic carbocycles. The first-order valence-electron chi connectivity index (χ1n) is 21.8. The van der Waals surface area contributed by atoms with Gasteiger partial charge in [0.15, 0.2) is 12.4 Å². The fourth-order valence-corrected chi connectivity index (χ4v) is 6.68. The lowest BCUT2D eigenvalue weighted by Crippen LogP contribution is -2.59. The van der Waals surface area contributed by atoms with Crippen LogP contribution >= 0.6 is 0 Å². The number of hydrogen-bond donors (Lipinski definition) is 4. The van der Waals surface area contributed by atoms with Crippen LogP contribution in [-0.2, 0) is 28.5 Å². The topological polar surface area (TPSA) is 152 Å². The first kappa shape index (κ1) is 49.5. The van der Waals surface area contributed by atoms with Crippen molar-refractivity contribution in [1.82, 2.24) is 0 Å². The normalized spacial score (nSPS) is 20.9. The third-order valence-electron chi connectivity index (χ3n) is 10.2. The van der Waals surface area contributed by atoms with E-state index in [9.17, 15) is 30.0 Å². The molecule has 312 valence electrons. The zero-order valence-corrected chi connectivity index (χ0v) is 33.8. The maximum Gasteiger partial charge on any atom is 0.306 e. The Bertz CT molecular complexity index is 881. The summed E-state index contributed by atoms with van der Waals surface area (Å²) in [5, 5.41) is 40.0. The minimum absolute atomic E-state index is 0.151. The standard InChI is InChI=1S/C43H80O10/c1-3-5-7-9-11-13-15-17-18-20-22-24-26-28-30-32-39(46)52-36(35-51-43-42(49)41(48)40(47)37(33-44)53-43)34-50-38(45)31-29-27-25-23-21-19-16-14-12-10-8-6-4-2/h26,28,36-37,40-44,47-49H,3-25,27,29-35H2,1-2H3/b28-26+/t36-,37-,40+,41?,42?,43-/m1/s1. The van der Waals surface area contributed by atoms with Crippen LogP contribution in [0, 0.1) is 0 Å². The lowest BCUT2D eigenvalue weighted by molar-refractivity contribution is -0.305. The van der Waals surface area contributed by atoms with Crippen molar-refractivity contribution in [2.45, 2.75) is 230 Å². The average molecular weight is 757 g/mol. The predicted molar refractivity (Wildman–Crippen MR) is 210 cm³/mol. The number of carbonyl (C=O) groups is 2. The maximum atomic E-state index is 12.7. The number of unbranched alkanes of at least 4 members (excludes halogenated alkanes) is 23. The Morgan fingerprint density at radius 2 is 1.04 bits per heavy atom. The van der Waals surface area contributed by atoms with Gasteiger partial charge in [0, 0.05) is 12.8 Å². The Hall–Kier alpha value is -1.56. The van der Waals surface area contributed by atoms with E-state index in [1.165, 1.54) is 128 Å². The molecule has 53 heavy (non-hydrogen) atoms.